The summed E-state index contributed by atoms with van der Waals surface area (Å²) < 4.78 is 0. The van der Waals surface area contributed by atoms with Gasteiger partial charge in [-0.15, -0.1) is 0 Å². The molecule has 2 heteroatoms. The van der Waals surface area contributed by atoms with E-state index in [-0.39, 0.29) is 5.91 Å². The zero-order valence-corrected chi connectivity index (χ0v) is 9.07. The van der Waals surface area contributed by atoms with E-state index in [2.05, 4.69) is 12.2 Å². The molecule has 0 aromatic heterocycles. The van der Waals surface area contributed by atoms with E-state index in [1.54, 1.807) is 0 Å². The largest absolute Gasteiger partial charge is 0.352 e. The van der Waals surface area contributed by atoms with Gasteiger partial charge in [0.05, 0.1) is 0 Å². The van der Waals surface area contributed by atoms with Crippen molar-refractivity contribution in [3.63, 3.8) is 0 Å². The third-order valence-electron chi connectivity index (χ3n) is 3.05. The highest BCUT2D eigenvalue weighted by molar-refractivity contribution is 5.94. The Morgan fingerprint density at radius 3 is 2.67 bits per heavy atom. The fraction of sp³-hybridized carbons (Fsp3) is 0.462. The molecule has 0 heterocycles. The van der Waals surface area contributed by atoms with Crippen molar-refractivity contribution < 1.29 is 4.79 Å². The summed E-state index contributed by atoms with van der Waals surface area (Å²) in [6, 6.07) is 9.39. The molecule has 1 unspecified atom stereocenters. The Morgan fingerprint density at radius 2 is 2.07 bits per heavy atom. The molecular weight excluding hydrogens is 186 g/mol. The molecule has 1 N–H and O–H groups in total. The number of amides is 1. The van der Waals surface area contributed by atoms with Gasteiger partial charge < -0.3 is 5.32 Å². The number of nitrogens with one attached hydrogen (secondary N) is 1. The first kappa shape index (κ1) is 10.2. The predicted octanol–water partition coefficient (Wildman–Crippen LogP) is 2.46. The lowest BCUT2D eigenvalue weighted by molar-refractivity contribution is 0.0946. The quantitative estimate of drug-likeness (QED) is 0.800. The van der Waals surface area contributed by atoms with E-state index in [0.29, 0.717) is 5.92 Å². The van der Waals surface area contributed by atoms with Crippen LogP contribution in [-0.2, 0) is 0 Å². The lowest BCUT2D eigenvalue weighted by Gasteiger charge is -2.11. The van der Waals surface area contributed by atoms with Crippen molar-refractivity contribution in [2.24, 2.45) is 11.8 Å². The Balaban J connectivity index is 1.82. The molecule has 2 nitrogen and oxygen atoms in total. The van der Waals surface area contributed by atoms with Gasteiger partial charge in [-0.1, -0.05) is 25.1 Å². The summed E-state index contributed by atoms with van der Waals surface area (Å²) in [7, 11) is 0. The Morgan fingerprint density at radius 1 is 1.40 bits per heavy atom. The van der Waals surface area contributed by atoms with Crippen LogP contribution in [0.3, 0.4) is 0 Å². The summed E-state index contributed by atoms with van der Waals surface area (Å²) in [6.07, 6.45) is 2.67. The maximum atomic E-state index is 11.7. The number of carbonyl (C=O) groups excluding carboxylic acids is 1. The molecule has 1 aliphatic rings. The maximum Gasteiger partial charge on any atom is 0.251 e. The van der Waals surface area contributed by atoms with E-state index in [9.17, 15) is 4.79 Å². The van der Waals surface area contributed by atoms with Crippen LogP contribution >= 0.6 is 0 Å². The fourth-order valence-electron chi connectivity index (χ4n) is 1.78. The average Bonchev–Trinajstić information content (AvgIpc) is 3.10. The molecule has 1 aromatic rings. The molecule has 1 aliphatic carbocycles. The minimum absolute atomic E-state index is 0.0445. The van der Waals surface area contributed by atoms with Gasteiger partial charge in [0.25, 0.3) is 5.91 Å². The minimum Gasteiger partial charge on any atom is -0.352 e. The molecule has 1 atom stereocenters. The summed E-state index contributed by atoms with van der Waals surface area (Å²) in [4.78, 5) is 11.7. The Bertz CT molecular complexity index is 330. The molecule has 1 saturated carbocycles. The third-order valence-corrected chi connectivity index (χ3v) is 3.05. The zero-order valence-electron chi connectivity index (χ0n) is 9.07. The topological polar surface area (TPSA) is 29.1 Å². The van der Waals surface area contributed by atoms with Crippen molar-refractivity contribution in [2.45, 2.75) is 19.8 Å². The van der Waals surface area contributed by atoms with Crippen molar-refractivity contribution in [1.29, 1.82) is 0 Å². The van der Waals surface area contributed by atoms with Gasteiger partial charge in [-0.3, -0.25) is 4.79 Å². The summed E-state index contributed by atoms with van der Waals surface area (Å²) in [6.45, 7) is 3.02. The number of rotatable bonds is 4. The van der Waals surface area contributed by atoms with Crippen LogP contribution < -0.4 is 5.32 Å². The van der Waals surface area contributed by atoms with E-state index in [1.807, 2.05) is 30.3 Å². The number of carbonyl (C=O) groups is 1. The summed E-state index contributed by atoms with van der Waals surface area (Å²) in [5, 5.41) is 2.98. The monoisotopic (exact) mass is 203 g/mol. The normalized spacial score (nSPS) is 17.1. The number of hydrogen-bond donors (Lipinski definition) is 1. The second-order valence-corrected chi connectivity index (χ2v) is 4.39. The van der Waals surface area contributed by atoms with Crippen LogP contribution in [0.25, 0.3) is 0 Å². The summed E-state index contributed by atoms with van der Waals surface area (Å²) in [5.41, 5.74) is 0.750. The van der Waals surface area contributed by atoms with E-state index in [4.69, 9.17) is 0 Å². The van der Waals surface area contributed by atoms with Crippen molar-refractivity contribution in [3.05, 3.63) is 35.9 Å². The van der Waals surface area contributed by atoms with Crippen molar-refractivity contribution in [3.8, 4) is 0 Å². The molecule has 0 bridgehead atoms. The molecular formula is C13H17NO. The van der Waals surface area contributed by atoms with Gasteiger partial charge in [0.15, 0.2) is 0 Å². The lowest BCUT2D eigenvalue weighted by atomic mass is 10.1. The second-order valence-electron chi connectivity index (χ2n) is 4.39. The van der Waals surface area contributed by atoms with E-state index in [0.717, 1.165) is 18.0 Å². The van der Waals surface area contributed by atoms with E-state index in [1.165, 1.54) is 12.8 Å². The molecule has 2 rings (SSSR count). The van der Waals surface area contributed by atoms with Crippen LogP contribution in [0.1, 0.15) is 30.1 Å². The first-order chi connectivity index (χ1) is 7.27. The van der Waals surface area contributed by atoms with Crippen LogP contribution in [0, 0.1) is 11.8 Å². The zero-order chi connectivity index (χ0) is 10.7. The highest BCUT2D eigenvalue weighted by Gasteiger charge is 2.27. The summed E-state index contributed by atoms with van der Waals surface area (Å²) in [5.74, 6) is 1.52. The first-order valence-electron chi connectivity index (χ1n) is 5.60. The molecule has 1 aromatic carbocycles. The average molecular weight is 203 g/mol. The number of hydrogen-bond acceptors (Lipinski definition) is 1. The molecule has 80 valence electrons. The Kier molecular flexibility index (Phi) is 3.05. The van der Waals surface area contributed by atoms with Crippen LogP contribution in [0.2, 0.25) is 0 Å². The predicted molar refractivity (Wildman–Crippen MR) is 60.7 cm³/mol. The van der Waals surface area contributed by atoms with Crippen LogP contribution in [0.5, 0.6) is 0 Å². The molecule has 0 radical (unpaired) electrons. The molecule has 1 amide bonds. The van der Waals surface area contributed by atoms with Gasteiger partial charge in [0, 0.05) is 12.1 Å². The molecule has 1 fully saturated rings. The van der Waals surface area contributed by atoms with Gasteiger partial charge in [0.2, 0.25) is 0 Å². The van der Waals surface area contributed by atoms with Crippen molar-refractivity contribution in [2.75, 3.05) is 6.54 Å². The Labute approximate surface area is 90.7 Å². The third kappa shape index (κ3) is 2.82. The molecule has 0 saturated heterocycles. The maximum absolute atomic E-state index is 11.7. The van der Waals surface area contributed by atoms with Gasteiger partial charge in [-0.05, 0) is 36.8 Å². The highest BCUT2D eigenvalue weighted by Crippen LogP contribution is 2.36. The minimum atomic E-state index is 0.0445. The van der Waals surface area contributed by atoms with Crippen molar-refractivity contribution in [1.82, 2.24) is 5.32 Å². The van der Waals surface area contributed by atoms with E-state index >= 15 is 0 Å². The van der Waals surface area contributed by atoms with Crippen LogP contribution in [0.4, 0.5) is 0 Å². The summed E-state index contributed by atoms with van der Waals surface area (Å²) >= 11 is 0. The van der Waals surface area contributed by atoms with Crippen molar-refractivity contribution >= 4 is 5.91 Å². The fourth-order valence-corrected chi connectivity index (χ4v) is 1.78. The lowest BCUT2D eigenvalue weighted by Crippen LogP contribution is -2.28. The molecule has 15 heavy (non-hydrogen) atoms. The standard InChI is InChI=1S/C13H17NO/c1-10(11-7-8-11)9-14-13(15)12-5-3-2-4-6-12/h2-6,10-11H,7-9H2,1H3,(H,14,15). The van der Waals surface area contributed by atoms with Crippen LogP contribution in [0.15, 0.2) is 30.3 Å². The first-order valence-corrected chi connectivity index (χ1v) is 5.60. The SMILES string of the molecule is CC(CNC(=O)c1ccccc1)C1CC1. The van der Waals surface area contributed by atoms with Gasteiger partial charge >= 0.3 is 0 Å². The smallest absolute Gasteiger partial charge is 0.251 e. The van der Waals surface area contributed by atoms with E-state index < -0.39 is 0 Å². The van der Waals surface area contributed by atoms with Gasteiger partial charge in [0.1, 0.15) is 0 Å². The van der Waals surface area contributed by atoms with Crippen LogP contribution in [-0.4, -0.2) is 12.5 Å². The van der Waals surface area contributed by atoms with Gasteiger partial charge in [-0.2, -0.15) is 0 Å². The van der Waals surface area contributed by atoms with Gasteiger partial charge in [-0.25, -0.2) is 0 Å². The number of benzene rings is 1. The molecule has 0 spiro atoms. The molecule has 0 aliphatic heterocycles. The highest BCUT2D eigenvalue weighted by atomic mass is 16.1. The second kappa shape index (κ2) is 4.47. The Hall–Kier alpha value is -1.31.